The third-order valence-corrected chi connectivity index (χ3v) is 3.72. The maximum absolute atomic E-state index is 6.00. The highest BCUT2D eigenvalue weighted by Gasteiger charge is 2.21. The fourth-order valence-electron chi connectivity index (χ4n) is 2.79. The van der Waals surface area contributed by atoms with Crippen LogP contribution in [-0.2, 0) is 11.3 Å². The lowest BCUT2D eigenvalue weighted by Gasteiger charge is -2.35. The minimum atomic E-state index is 0.306. The van der Waals surface area contributed by atoms with Crippen LogP contribution in [0.2, 0.25) is 0 Å². The summed E-state index contributed by atoms with van der Waals surface area (Å²) in [6.07, 6.45) is 0.612. The van der Waals surface area contributed by atoms with Crippen LogP contribution in [0.3, 0.4) is 0 Å². The van der Waals surface area contributed by atoms with Crippen LogP contribution in [0.15, 0.2) is 24.3 Å². The summed E-state index contributed by atoms with van der Waals surface area (Å²) in [5.74, 6) is 0.964. The van der Waals surface area contributed by atoms with Crippen molar-refractivity contribution in [1.82, 2.24) is 15.3 Å². The van der Waals surface area contributed by atoms with Gasteiger partial charge in [-0.05, 0) is 19.9 Å². The fourth-order valence-corrected chi connectivity index (χ4v) is 2.79. The molecule has 0 radical (unpaired) electrons. The predicted molar refractivity (Wildman–Crippen MR) is 88.9 cm³/mol. The SMILES string of the molecule is C[C@@H]1CN(CCOc2ccccc2CNN(C)C)C[C@H](C)O1. The Balaban J connectivity index is 1.81. The number of para-hydroxylation sites is 1. The zero-order valence-corrected chi connectivity index (χ0v) is 14.2. The minimum absolute atomic E-state index is 0.306. The van der Waals surface area contributed by atoms with Gasteiger partial charge in [0.25, 0.3) is 0 Å². The van der Waals surface area contributed by atoms with Gasteiger partial charge in [-0.15, -0.1) is 0 Å². The summed E-state index contributed by atoms with van der Waals surface area (Å²) >= 11 is 0. The zero-order valence-electron chi connectivity index (χ0n) is 14.2. The highest BCUT2D eigenvalue weighted by Crippen LogP contribution is 2.18. The molecule has 2 atom stereocenters. The summed E-state index contributed by atoms with van der Waals surface area (Å²) < 4.78 is 11.8. The van der Waals surface area contributed by atoms with E-state index in [0.717, 1.165) is 31.9 Å². The van der Waals surface area contributed by atoms with E-state index in [4.69, 9.17) is 9.47 Å². The normalized spacial score (nSPS) is 23.0. The highest BCUT2D eigenvalue weighted by atomic mass is 16.5. The molecule has 1 heterocycles. The molecule has 1 N–H and O–H groups in total. The molecular formula is C17H29N3O2. The molecular weight excluding hydrogens is 278 g/mol. The van der Waals surface area contributed by atoms with E-state index in [2.05, 4.69) is 30.2 Å². The van der Waals surface area contributed by atoms with Crippen LogP contribution in [0.25, 0.3) is 0 Å². The van der Waals surface area contributed by atoms with Crippen molar-refractivity contribution in [2.24, 2.45) is 0 Å². The summed E-state index contributed by atoms with van der Waals surface area (Å²) in [5, 5.41) is 1.95. The summed E-state index contributed by atoms with van der Waals surface area (Å²) in [6, 6.07) is 8.21. The van der Waals surface area contributed by atoms with Crippen molar-refractivity contribution in [2.45, 2.75) is 32.6 Å². The summed E-state index contributed by atoms with van der Waals surface area (Å²) in [6.45, 7) is 8.65. The standard InChI is InChI=1S/C17H29N3O2/c1-14-12-20(13-15(2)22-14)9-10-21-17-8-6-5-7-16(17)11-18-19(3)4/h5-8,14-15,18H,9-13H2,1-4H3/t14-,15+. The van der Waals surface area contributed by atoms with Gasteiger partial charge in [-0.1, -0.05) is 18.2 Å². The highest BCUT2D eigenvalue weighted by molar-refractivity contribution is 5.33. The van der Waals surface area contributed by atoms with E-state index >= 15 is 0 Å². The smallest absolute Gasteiger partial charge is 0.123 e. The fraction of sp³-hybridized carbons (Fsp3) is 0.647. The average Bonchev–Trinajstić information content (AvgIpc) is 2.45. The van der Waals surface area contributed by atoms with E-state index in [1.165, 1.54) is 5.56 Å². The molecule has 5 heteroatoms. The Hall–Kier alpha value is -1.14. The molecule has 0 spiro atoms. The van der Waals surface area contributed by atoms with Crippen LogP contribution < -0.4 is 10.2 Å². The second-order valence-corrected chi connectivity index (χ2v) is 6.20. The minimum Gasteiger partial charge on any atom is -0.492 e. The van der Waals surface area contributed by atoms with Crippen LogP contribution in [0.1, 0.15) is 19.4 Å². The van der Waals surface area contributed by atoms with Gasteiger partial charge in [0, 0.05) is 45.8 Å². The van der Waals surface area contributed by atoms with Gasteiger partial charge in [-0.25, -0.2) is 0 Å². The van der Waals surface area contributed by atoms with Crippen LogP contribution in [-0.4, -0.2) is 62.5 Å². The van der Waals surface area contributed by atoms with Gasteiger partial charge in [0.1, 0.15) is 12.4 Å². The number of nitrogens with one attached hydrogen (secondary N) is 1. The third kappa shape index (κ3) is 5.57. The number of hydrogen-bond acceptors (Lipinski definition) is 5. The van der Waals surface area contributed by atoms with Crippen molar-refractivity contribution < 1.29 is 9.47 Å². The van der Waals surface area contributed by atoms with E-state index in [-0.39, 0.29) is 0 Å². The number of morpholine rings is 1. The number of nitrogens with zero attached hydrogens (tertiary/aromatic N) is 2. The lowest BCUT2D eigenvalue weighted by atomic mass is 10.2. The van der Waals surface area contributed by atoms with Gasteiger partial charge < -0.3 is 9.47 Å². The molecule has 0 unspecified atom stereocenters. The van der Waals surface area contributed by atoms with E-state index in [1.807, 2.05) is 37.3 Å². The van der Waals surface area contributed by atoms with Crippen molar-refractivity contribution >= 4 is 0 Å². The summed E-state index contributed by atoms with van der Waals surface area (Å²) in [4.78, 5) is 2.42. The first-order chi connectivity index (χ1) is 10.5. The maximum atomic E-state index is 6.00. The number of rotatable bonds is 7. The maximum Gasteiger partial charge on any atom is 0.123 e. The lowest BCUT2D eigenvalue weighted by Crippen LogP contribution is -2.46. The molecule has 0 amide bonds. The van der Waals surface area contributed by atoms with Crippen molar-refractivity contribution in [3.63, 3.8) is 0 Å². The molecule has 0 bridgehead atoms. The molecule has 5 nitrogen and oxygen atoms in total. The topological polar surface area (TPSA) is 37.0 Å². The van der Waals surface area contributed by atoms with Gasteiger partial charge >= 0.3 is 0 Å². The molecule has 0 aromatic heterocycles. The third-order valence-electron chi connectivity index (χ3n) is 3.72. The van der Waals surface area contributed by atoms with Crippen molar-refractivity contribution in [2.75, 3.05) is 40.3 Å². The van der Waals surface area contributed by atoms with Gasteiger partial charge in [-0.3, -0.25) is 15.3 Å². The van der Waals surface area contributed by atoms with Gasteiger partial charge in [0.05, 0.1) is 12.2 Å². The Labute approximate surface area is 134 Å². The molecule has 1 aromatic rings. The van der Waals surface area contributed by atoms with Crippen LogP contribution in [0, 0.1) is 0 Å². The van der Waals surface area contributed by atoms with Gasteiger partial charge in [-0.2, -0.15) is 0 Å². The lowest BCUT2D eigenvalue weighted by molar-refractivity contribution is -0.0699. The van der Waals surface area contributed by atoms with Crippen molar-refractivity contribution in [3.8, 4) is 5.75 Å². The Kier molecular flexibility index (Phi) is 6.64. The number of hydrogen-bond donors (Lipinski definition) is 1. The average molecular weight is 307 g/mol. The monoisotopic (exact) mass is 307 g/mol. The first kappa shape index (κ1) is 17.2. The van der Waals surface area contributed by atoms with Crippen LogP contribution >= 0.6 is 0 Å². The second-order valence-electron chi connectivity index (χ2n) is 6.20. The van der Waals surface area contributed by atoms with Gasteiger partial charge in [0.15, 0.2) is 0 Å². The Morgan fingerprint density at radius 1 is 1.23 bits per heavy atom. The Bertz CT molecular complexity index is 443. The molecule has 1 saturated heterocycles. The van der Waals surface area contributed by atoms with Crippen molar-refractivity contribution in [1.29, 1.82) is 0 Å². The molecule has 0 aliphatic carbocycles. The first-order valence-electron chi connectivity index (χ1n) is 8.04. The zero-order chi connectivity index (χ0) is 15.9. The van der Waals surface area contributed by atoms with Gasteiger partial charge in [0.2, 0.25) is 0 Å². The largest absolute Gasteiger partial charge is 0.492 e. The Morgan fingerprint density at radius 3 is 2.59 bits per heavy atom. The molecule has 1 aromatic carbocycles. The molecule has 2 rings (SSSR count). The van der Waals surface area contributed by atoms with E-state index in [1.54, 1.807) is 0 Å². The molecule has 22 heavy (non-hydrogen) atoms. The molecule has 124 valence electrons. The predicted octanol–water partition coefficient (Wildman–Crippen LogP) is 1.74. The van der Waals surface area contributed by atoms with Crippen LogP contribution in [0.4, 0.5) is 0 Å². The van der Waals surface area contributed by atoms with E-state index in [9.17, 15) is 0 Å². The Morgan fingerprint density at radius 2 is 1.91 bits per heavy atom. The van der Waals surface area contributed by atoms with E-state index in [0.29, 0.717) is 18.8 Å². The number of hydrazine groups is 1. The molecule has 1 aliphatic heterocycles. The quantitative estimate of drug-likeness (QED) is 0.777. The summed E-state index contributed by atoms with van der Waals surface area (Å²) in [5.41, 5.74) is 4.46. The summed E-state index contributed by atoms with van der Waals surface area (Å²) in [7, 11) is 3.98. The molecule has 1 aliphatic rings. The van der Waals surface area contributed by atoms with E-state index < -0.39 is 0 Å². The van der Waals surface area contributed by atoms with Crippen LogP contribution in [0.5, 0.6) is 5.75 Å². The second kappa shape index (κ2) is 8.48. The number of ether oxygens (including phenoxy) is 2. The molecule has 0 saturated carbocycles. The first-order valence-corrected chi connectivity index (χ1v) is 8.04. The van der Waals surface area contributed by atoms with Crippen molar-refractivity contribution in [3.05, 3.63) is 29.8 Å². The number of benzene rings is 1. The molecule has 1 fully saturated rings.